The van der Waals surface area contributed by atoms with Crippen molar-refractivity contribution in [2.24, 2.45) is 0 Å². The number of nitrogens with zero attached hydrogens (tertiary/aromatic N) is 1. The Labute approximate surface area is 175 Å². The van der Waals surface area contributed by atoms with E-state index in [1.165, 1.54) is 0 Å². The molecule has 3 N–H and O–H groups in total. The molecule has 0 spiro atoms. The fourth-order valence-corrected chi connectivity index (χ4v) is 3.55. The number of thiazole rings is 1. The van der Waals surface area contributed by atoms with Gasteiger partial charge in [-0.05, 0) is 42.8 Å². The van der Waals surface area contributed by atoms with E-state index >= 15 is 0 Å². The number of urea groups is 1. The lowest BCUT2D eigenvalue weighted by atomic mass is 10.2. The van der Waals surface area contributed by atoms with Gasteiger partial charge in [0.05, 0.1) is 5.69 Å². The van der Waals surface area contributed by atoms with E-state index < -0.39 is 6.03 Å². The van der Waals surface area contributed by atoms with Gasteiger partial charge >= 0.3 is 6.03 Å². The molecular formula is C19H16Cl2N4O2S. The van der Waals surface area contributed by atoms with Gasteiger partial charge in [-0.3, -0.25) is 10.1 Å². The number of hydrogen-bond acceptors (Lipinski definition) is 4. The first-order valence-corrected chi connectivity index (χ1v) is 9.81. The summed E-state index contributed by atoms with van der Waals surface area (Å²) in [6.07, 6.45) is 0. The quantitative estimate of drug-likeness (QED) is 0.507. The van der Waals surface area contributed by atoms with Gasteiger partial charge < -0.3 is 10.6 Å². The van der Waals surface area contributed by atoms with E-state index in [-0.39, 0.29) is 5.91 Å². The maximum Gasteiger partial charge on any atom is 0.325 e. The third kappa shape index (κ3) is 5.45. The summed E-state index contributed by atoms with van der Waals surface area (Å²) in [7, 11) is 0. The maximum atomic E-state index is 12.4. The van der Waals surface area contributed by atoms with Gasteiger partial charge in [0.1, 0.15) is 4.88 Å². The number of rotatable bonds is 5. The molecule has 1 heterocycles. The second-order valence-corrected chi connectivity index (χ2v) is 7.70. The van der Waals surface area contributed by atoms with Crippen molar-refractivity contribution in [3.8, 4) is 0 Å². The predicted molar refractivity (Wildman–Crippen MR) is 114 cm³/mol. The molecule has 0 saturated heterocycles. The molecule has 0 saturated carbocycles. The highest BCUT2D eigenvalue weighted by molar-refractivity contribution is 7.17. The summed E-state index contributed by atoms with van der Waals surface area (Å²) < 4.78 is 0. The summed E-state index contributed by atoms with van der Waals surface area (Å²) in [4.78, 5) is 29.2. The molecule has 0 radical (unpaired) electrons. The van der Waals surface area contributed by atoms with Gasteiger partial charge in [-0.2, -0.15) is 0 Å². The van der Waals surface area contributed by atoms with Crippen LogP contribution in [-0.4, -0.2) is 16.9 Å². The van der Waals surface area contributed by atoms with Crippen LogP contribution in [0.5, 0.6) is 0 Å². The van der Waals surface area contributed by atoms with Crippen LogP contribution < -0.4 is 16.0 Å². The van der Waals surface area contributed by atoms with Crippen molar-refractivity contribution in [1.29, 1.82) is 0 Å². The van der Waals surface area contributed by atoms with Crippen molar-refractivity contribution < 1.29 is 9.59 Å². The van der Waals surface area contributed by atoms with Crippen molar-refractivity contribution in [2.75, 3.05) is 10.6 Å². The van der Waals surface area contributed by atoms with Gasteiger partial charge in [0, 0.05) is 22.3 Å². The molecule has 0 aliphatic rings. The molecule has 0 unspecified atom stereocenters. The molecule has 9 heteroatoms. The predicted octanol–water partition coefficient (Wildman–Crippen LogP) is 5.33. The summed E-state index contributed by atoms with van der Waals surface area (Å²) in [6.45, 7) is 2.08. The topological polar surface area (TPSA) is 83.1 Å². The Bertz CT molecular complexity index is 1010. The first kappa shape index (κ1) is 20.1. The summed E-state index contributed by atoms with van der Waals surface area (Å²) >= 11 is 12.9. The minimum atomic E-state index is -0.468. The summed E-state index contributed by atoms with van der Waals surface area (Å²) in [5.41, 5.74) is 2.02. The molecule has 3 rings (SSSR count). The number of carbonyl (C=O) groups excluding carboxylic acids is 2. The molecule has 3 aromatic rings. The Hall–Kier alpha value is -2.61. The van der Waals surface area contributed by atoms with Gasteiger partial charge in [-0.15, -0.1) is 0 Å². The van der Waals surface area contributed by atoms with Crippen LogP contribution in [0.3, 0.4) is 0 Å². The lowest BCUT2D eigenvalue weighted by Crippen LogP contribution is -2.22. The molecule has 1 aromatic heterocycles. The smallest absolute Gasteiger partial charge is 0.325 e. The zero-order valence-corrected chi connectivity index (χ0v) is 17.1. The zero-order chi connectivity index (χ0) is 20.1. The second-order valence-electron chi connectivity index (χ2n) is 5.83. The second kappa shape index (κ2) is 9.05. The molecule has 144 valence electrons. The molecule has 0 bridgehead atoms. The van der Waals surface area contributed by atoms with Gasteiger partial charge in [-0.1, -0.05) is 52.7 Å². The van der Waals surface area contributed by atoms with Crippen LogP contribution in [0.15, 0.2) is 48.5 Å². The highest BCUT2D eigenvalue weighted by atomic mass is 35.5. The van der Waals surface area contributed by atoms with E-state index in [1.54, 1.807) is 43.3 Å². The van der Waals surface area contributed by atoms with E-state index in [9.17, 15) is 9.59 Å². The van der Waals surface area contributed by atoms with Crippen molar-refractivity contribution in [3.05, 3.63) is 74.7 Å². The Balaban J connectivity index is 1.59. The Morgan fingerprint density at radius 3 is 2.50 bits per heavy atom. The van der Waals surface area contributed by atoms with Gasteiger partial charge in [0.2, 0.25) is 0 Å². The van der Waals surface area contributed by atoms with Gasteiger partial charge in [-0.25, -0.2) is 9.78 Å². The first-order chi connectivity index (χ1) is 13.4. The highest BCUT2D eigenvalue weighted by Gasteiger charge is 2.16. The van der Waals surface area contributed by atoms with Crippen LogP contribution >= 0.6 is 34.5 Å². The van der Waals surface area contributed by atoms with Gasteiger partial charge in [0.15, 0.2) is 5.13 Å². The SMILES string of the molecule is Cc1nc(NC(=O)Nc2cccc(Cl)c2)sc1C(=O)NCc1ccc(Cl)cc1. The maximum absolute atomic E-state index is 12.4. The van der Waals surface area contributed by atoms with Crippen LogP contribution in [0.1, 0.15) is 20.9 Å². The number of aromatic nitrogens is 1. The fourth-order valence-electron chi connectivity index (χ4n) is 2.35. The van der Waals surface area contributed by atoms with Crippen molar-refractivity contribution >= 4 is 57.3 Å². The molecule has 0 aliphatic heterocycles. The number of benzene rings is 2. The molecule has 28 heavy (non-hydrogen) atoms. The number of anilines is 2. The van der Waals surface area contributed by atoms with E-state index in [0.717, 1.165) is 16.9 Å². The summed E-state index contributed by atoms with van der Waals surface area (Å²) in [5.74, 6) is -0.256. The van der Waals surface area contributed by atoms with Gasteiger partial charge in [0.25, 0.3) is 5.91 Å². The fraction of sp³-hybridized carbons (Fsp3) is 0.105. The van der Waals surface area contributed by atoms with Crippen molar-refractivity contribution in [2.45, 2.75) is 13.5 Å². The number of nitrogens with one attached hydrogen (secondary N) is 3. The van der Waals surface area contributed by atoms with Crippen LogP contribution in [0.4, 0.5) is 15.6 Å². The number of carbonyl (C=O) groups is 2. The summed E-state index contributed by atoms with van der Waals surface area (Å²) in [5, 5.41) is 9.60. The molecule has 0 fully saturated rings. The van der Waals surface area contributed by atoms with E-state index in [1.807, 2.05) is 12.1 Å². The van der Waals surface area contributed by atoms with E-state index in [2.05, 4.69) is 20.9 Å². The Morgan fingerprint density at radius 2 is 1.79 bits per heavy atom. The monoisotopic (exact) mass is 434 g/mol. The van der Waals surface area contributed by atoms with E-state index in [0.29, 0.717) is 38.0 Å². The normalized spacial score (nSPS) is 10.4. The van der Waals surface area contributed by atoms with Crippen LogP contribution in [0.25, 0.3) is 0 Å². The minimum absolute atomic E-state index is 0.256. The van der Waals surface area contributed by atoms with Crippen molar-refractivity contribution in [1.82, 2.24) is 10.3 Å². The van der Waals surface area contributed by atoms with Crippen molar-refractivity contribution in [3.63, 3.8) is 0 Å². The van der Waals surface area contributed by atoms with Crippen LogP contribution in [0, 0.1) is 6.92 Å². The third-order valence-corrected chi connectivity index (χ3v) is 5.23. The van der Waals surface area contributed by atoms with Crippen LogP contribution in [0.2, 0.25) is 10.0 Å². The molecule has 3 amide bonds. The number of aryl methyl sites for hydroxylation is 1. The lowest BCUT2D eigenvalue weighted by Gasteiger charge is -2.05. The van der Waals surface area contributed by atoms with E-state index in [4.69, 9.17) is 23.2 Å². The Kier molecular flexibility index (Phi) is 6.51. The largest absolute Gasteiger partial charge is 0.347 e. The average Bonchev–Trinajstić information content (AvgIpc) is 3.01. The molecule has 0 atom stereocenters. The summed E-state index contributed by atoms with van der Waals surface area (Å²) in [6, 6.07) is 13.5. The molecule has 2 aromatic carbocycles. The lowest BCUT2D eigenvalue weighted by molar-refractivity contribution is 0.0954. The number of amides is 3. The minimum Gasteiger partial charge on any atom is -0.347 e. The number of halogens is 2. The molecule has 0 aliphatic carbocycles. The average molecular weight is 435 g/mol. The Morgan fingerprint density at radius 1 is 1.04 bits per heavy atom. The zero-order valence-electron chi connectivity index (χ0n) is 14.8. The van der Waals surface area contributed by atoms with Crippen LogP contribution in [-0.2, 0) is 6.54 Å². The first-order valence-electron chi connectivity index (χ1n) is 8.24. The number of hydrogen-bond donors (Lipinski definition) is 3. The highest BCUT2D eigenvalue weighted by Crippen LogP contribution is 2.23. The third-order valence-electron chi connectivity index (χ3n) is 3.67. The molecular weight excluding hydrogens is 419 g/mol. The molecule has 6 nitrogen and oxygen atoms in total. The standard InChI is InChI=1S/C19H16Cl2N4O2S/c1-11-16(17(26)22-10-12-5-7-13(20)8-6-12)28-19(23-11)25-18(27)24-15-4-2-3-14(21)9-15/h2-9H,10H2,1H3,(H,22,26)(H2,23,24,25,27).